The molecular weight excluding hydrogens is 445 g/mol. The molecule has 1 aliphatic rings. The van der Waals surface area contributed by atoms with Crippen molar-refractivity contribution < 1.29 is 4.39 Å². The van der Waals surface area contributed by atoms with Crippen molar-refractivity contribution in [1.82, 2.24) is 18.7 Å². The minimum atomic E-state index is -0.572. The van der Waals surface area contributed by atoms with Gasteiger partial charge >= 0.3 is 5.69 Å². The van der Waals surface area contributed by atoms with Gasteiger partial charge in [-0.05, 0) is 37.1 Å². The molecule has 9 heteroatoms. The fraction of sp³-hybridized carbons (Fsp3) is 0.292. The first-order valence-corrected chi connectivity index (χ1v) is 11.1. The van der Waals surface area contributed by atoms with Crippen molar-refractivity contribution >= 4 is 34.4 Å². The Labute approximate surface area is 194 Å². The normalized spacial score (nSPS) is 15.8. The maximum Gasteiger partial charge on any atom is 0.332 e. The SMILES string of the molecule is Cc1ccc(N2C[C@@H](C)Cn3c2nc2c3c(=O)n(Cc3c(F)cccc3Cl)c(=O)n2C)cc1. The molecule has 33 heavy (non-hydrogen) atoms. The molecule has 0 N–H and O–H groups in total. The van der Waals surface area contributed by atoms with E-state index in [1.807, 2.05) is 35.8 Å². The number of nitrogens with zero attached hydrogens (tertiary/aromatic N) is 5. The third-order valence-electron chi connectivity index (χ3n) is 6.17. The van der Waals surface area contributed by atoms with Crippen LogP contribution < -0.4 is 16.1 Å². The molecule has 0 bridgehead atoms. The lowest BCUT2D eigenvalue weighted by Gasteiger charge is -2.33. The fourth-order valence-electron chi connectivity index (χ4n) is 4.43. The van der Waals surface area contributed by atoms with Crippen LogP contribution in [-0.4, -0.2) is 25.2 Å². The second kappa shape index (κ2) is 7.88. The summed E-state index contributed by atoms with van der Waals surface area (Å²) in [5.74, 6) is 0.286. The lowest BCUT2D eigenvalue weighted by Crippen LogP contribution is -2.40. The largest absolute Gasteiger partial charge is 0.332 e. The number of anilines is 2. The summed E-state index contributed by atoms with van der Waals surface area (Å²) in [6.07, 6.45) is 0. The molecular formula is C24H23ClFN5O2. The quantitative estimate of drug-likeness (QED) is 0.459. The first-order chi connectivity index (χ1) is 15.8. The lowest BCUT2D eigenvalue weighted by molar-refractivity contribution is 0.458. The van der Waals surface area contributed by atoms with Crippen molar-refractivity contribution in [2.45, 2.75) is 26.9 Å². The Morgan fingerprint density at radius 3 is 2.55 bits per heavy atom. The molecule has 0 unspecified atom stereocenters. The average molecular weight is 468 g/mol. The summed E-state index contributed by atoms with van der Waals surface area (Å²) in [4.78, 5) is 33.4. The van der Waals surface area contributed by atoms with Gasteiger partial charge in [-0.3, -0.25) is 13.9 Å². The van der Waals surface area contributed by atoms with E-state index in [0.29, 0.717) is 23.7 Å². The zero-order valence-corrected chi connectivity index (χ0v) is 19.3. The Kier molecular flexibility index (Phi) is 5.12. The van der Waals surface area contributed by atoms with Gasteiger partial charge in [0, 0.05) is 36.4 Å². The molecule has 2 aromatic carbocycles. The minimum absolute atomic E-state index is 0.103. The van der Waals surface area contributed by atoms with Crippen LogP contribution in [0.25, 0.3) is 11.2 Å². The highest BCUT2D eigenvalue weighted by atomic mass is 35.5. The van der Waals surface area contributed by atoms with Crippen molar-refractivity contribution in [2.24, 2.45) is 13.0 Å². The summed E-state index contributed by atoms with van der Waals surface area (Å²) >= 11 is 6.17. The first kappa shape index (κ1) is 21.5. The maximum absolute atomic E-state index is 14.4. The van der Waals surface area contributed by atoms with E-state index in [1.165, 1.54) is 22.8 Å². The average Bonchev–Trinajstić information content (AvgIpc) is 3.16. The van der Waals surface area contributed by atoms with Gasteiger partial charge < -0.3 is 9.47 Å². The van der Waals surface area contributed by atoms with Crippen molar-refractivity contribution in [2.75, 3.05) is 11.4 Å². The van der Waals surface area contributed by atoms with E-state index < -0.39 is 17.1 Å². The number of fused-ring (bicyclic) bond motifs is 3. The monoisotopic (exact) mass is 467 g/mol. The Balaban J connectivity index is 1.73. The van der Waals surface area contributed by atoms with Crippen LogP contribution in [0.4, 0.5) is 16.0 Å². The highest BCUT2D eigenvalue weighted by Gasteiger charge is 2.30. The number of halogens is 2. The lowest BCUT2D eigenvalue weighted by atomic mass is 10.1. The predicted octanol–water partition coefficient (Wildman–Crippen LogP) is 3.83. The molecule has 5 rings (SSSR count). The number of aromatic nitrogens is 4. The molecule has 0 radical (unpaired) electrons. The molecule has 1 atom stereocenters. The van der Waals surface area contributed by atoms with Crippen LogP contribution >= 0.6 is 11.6 Å². The Morgan fingerprint density at radius 2 is 1.85 bits per heavy atom. The van der Waals surface area contributed by atoms with Crippen molar-refractivity contribution in [3.05, 3.63) is 85.3 Å². The van der Waals surface area contributed by atoms with Crippen molar-refractivity contribution in [3.63, 3.8) is 0 Å². The van der Waals surface area contributed by atoms with Crippen LogP contribution in [0.15, 0.2) is 52.1 Å². The van der Waals surface area contributed by atoms with Gasteiger partial charge in [-0.25, -0.2) is 9.18 Å². The van der Waals surface area contributed by atoms with Crippen LogP contribution in [0.3, 0.4) is 0 Å². The zero-order chi connectivity index (χ0) is 23.4. The standard InChI is InChI=1S/C24H23ClFN5O2/c1-14-7-9-16(10-8-14)29-11-15(2)12-30-20-21(27-23(29)30)28(3)24(33)31(22(20)32)13-17-18(25)5-4-6-19(17)26/h4-10,15H,11-13H2,1-3H3/t15-/m1/s1. The van der Waals surface area contributed by atoms with Gasteiger partial charge in [0.25, 0.3) is 5.56 Å². The molecule has 0 fully saturated rings. The van der Waals surface area contributed by atoms with Crippen LogP contribution in [0, 0.1) is 18.7 Å². The van der Waals surface area contributed by atoms with Crippen molar-refractivity contribution in [1.29, 1.82) is 0 Å². The molecule has 2 aromatic heterocycles. The number of imidazole rings is 1. The topological polar surface area (TPSA) is 65.1 Å². The van der Waals surface area contributed by atoms with Gasteiger partial charge in [-0.2, -0.15) is 4.98 Å². The number of hydrogen-bond donors (Lipinski definition) is 0. The van der Waals surface area contributed by atoms with Crippen molar-refractivity contribution in [3.8, 4) is 0 Å². The highest BCUT2D eigenvalue weighted by Crippen LogP contribution is 2.33. The molecule has 7 nitrogen and oxygen atoms in total. The zero-order valence-electron chi connectivity index (χ0n) is 18.5. The number of aryl methyl sites for hydroxylation is 2. The van der Waals surface area contributed by atoms with Crippen LogP contribution in [0.2, 0.25) is 5.02 Å². The first-order valence-electron chi connectivity index (χ1n) is 10.7. The van der Waals surface area contributed by atoms with E-state index in [4.69, 9.17) is 16.6 Å². The van der Waals surface area contributed by atoms with Gasteiger partial charge in [0.15, 0.2) is 11.2 Å². The molecule has 0 amide bonds. The Hall–Kier alpha value is -3.39. The molecule has 0 saturated carbocycles. The third-order valence-corrected chi connectivity index (χ3v) is 6.52. The molecule has 0 aliphatic carbocycles. The molecule has 0 saturated heterocycles. The van der Waals surface area contributed by atoms with Gasteiger partial charge in [-0.1, -0.05) is 42.3 Å². The van der Waals surface area contributed by atoms with E-state index in [-0.39, 0.29) is 23.0 Å². The van der Waals surface area contributed by atoms with Gasteiger partial charge in [-0.15, -0.1) is 0 Å². The summed E-state index contributed by atoms with van der Waals surface area (Å²) < 4.78 is 18.6. The van der Waals surface area contributed by atoms with E-state index in [0.717, 1.165) is 22.4 Å². The summed E-state index contributed by atoms with van der Waals surface area (Å²) in [5, 5.41) is 0.165. The Morgan fingerprint density at radius 1 is 1.12 bits per heavy atom. The fourth-order valence-corrected chi connectivity index (χ4v) is 4.65. The third kappa shape index (κ3) is 3.45. The van der Waals surface area contributed by atoms with Crippen LogP contribution in [0.5, 0.6) is 0 Å². The van der Waals surface area contributed by atoms with E-state index in [2.05, 4.69) is 11.8 Å². The smallest absolute Gasteiger partial charge is 0.312 e. The number of hydrogen-bond acceptors (Lipinski definition) is 4. The summed E-state index contributed by atoms with van der Waals surface area (Å²) in [7, 11) is 1.57. The Bertz CT molecular complexity index is 1480. The van der Waals surface area contributed by atoms with Crippen LogP contribution in [0.1, 0.15) is 18.1 Å². The molecule has 0 spiro atoms. The van der Waals surface area contributed by atoms with Gasteiger partial charge in [0.1, 0.15) is 5.82 Å². The van der Waals surface area contributed by atoms with E-state index in [9.17, 15) is 14.0 Å². The molecule has 170 valence electrons. The van der Waals surface area contributed by atoms with E-state index in [1.54, 1.807) is 7.05 Å². The van der Waals surface area contributed by atoms with E-state index >= 15 is 0 Å². The second-order valence-electron chi connectivity index (χ2n) is 8.68. The summed E-state index contributed by atoms with van der Waals surface area (Å²) in [6, 6.07) is 12.4. The number of rotatable bonds is 3. The molecule has 3 heterocycles. The highest BCUT2D eigenvalue weighted by molar-refractivity contribution is 6.31. The second-order valence-corrected chi connectivity index (χ2v) is 9.09. The molecule has 4 aromatic rings. The predicted molar refractivity (Wildman–Crippen MR) is 127 cm³/mol. The number of benzene rings is 2. The minimum Gasteiger partial charge on any atom is -0.312 e. The van der Waals surface area contributed by atoms with Gasteiger partial charge in [0.05, 0.1) is 6.54 Å². The summed E-state index contributed by atoms with van der Waals surface area (Å²) in [5.41, 5.74) is 1.76. The maximum atomic E-state index is 14.4. The van der Waals surface area contributed by atoms with Crippen LogP contribution in [-0.2, 0) is 20.1 Å². The van der Waals surface area contributed by atoms with Gasteiger partial charge in [0.2, 0.25) is 5.95 Å². The summed E-state index contributed by atoms with van der Waals surface area (Å²) in [6.45, 7) is 5.19. The molecule has 1 aliphatic heterocycles.